The van der Waals surface area contributed by atoms with Crippen LogP contribution in [-0.2, 0) is 0 Å². The van der Waals surface area contributed by atoms with Gasteiger partial charge in [0, 0.05) is 10.7 Å². The van der Waals surface area contributed by atoms with Gasteiger partial charge in [0.05, 0.1) is 0 Å². The molecule has 0 fully saturated rings. The van der Waals surface area contributed by atoms with Gasteiger partial charge < -0.3 is 0 Å². The van der Waals surface area contributed by atoms with E-state index in [1.54, 1.807) is 0 Å². The van der Waals surface area contributed by atoms with Gasteiger partial charge in [0.15, 0.2) is 0 Å². The quantitative estimate of drug-likeness (QED) is 0.418. The number of halogens is 3. The van der Waals surface area contributed by atoms with Crippen molar-refractivity contribution in [3.05, 3.63) is 35.0 Å². The average molecular weight is 482 g/mol. The fourth-order valence-electron chi connectivity index (χ4n) is 0.698. The predicted molar refractivity (Wildman–Crippen MR) is 74.7 cm³/mol. The Balaban J connectivity index is 3.36. The molecule has 0 radical (unpaired) electrons. The molecule has 0 atom stereocenters. The van der Waals surface area contributed by atoms with Crippen LogP contribution in [-0.4, -0.2) is 0 Å². The van der Waals surface area contributed by atoms with E-state index in [1.807, 2.05) is 6.08 Å². The number of hydrogen-bond acceptors (Lipinski definition) is 0. The van der Waals surface area contributed by atoms with Crippen molar-refractivity contribution >= 4 is 73.8 Å². The van der Waals surface area contributed by atoms with Gasteiger partial charge in [-0.25, -0.2) is 0 Å². The van der Waals surface area contributed by atoms with Crippen molar-refractivity contribution < 1.29 is 0 Å². The number of benzene rings is 1. The van der Waals surface area contributed by atoms with Gasteiger partial charge in [-0.1, -0.05) is 18.7 Å². The first-order valence-electron chi connectivity index (χ1n) is 2.92. The third-order valence-corrected chi connectivity index (χ3v) is 6.53. The van der Waals surface area contributed by atoms with Crippen LogP contribution in [0, 0.1) is 10.7 Å². The maximum absolute atomic E-state index is 3.75. The van der Waals surface area contributed by atoms with E-state index in [-0.39, 0.29) is 0 Å². The minimum Gasteiger partial charge on any atom is -0.0984 e. The van der Waals surface area contributed by atoms with Crippen molar-refractivity contribution in [2.24, 2.45) is 0 Å². The normalized spacial score (nSPS) is 9.73. The Morgan fingerprint density at radius 1 is 1.09 bits per heavy atom. The van der Waals surface area contributed by atoms with Crippen LogP contribution >= 0.6 is 67.8 Å². The zero-order chi connectivity index (χ0) is 8.43. The van der Waals surface area contributed by atoms with Gasteiger partial charge in [-0.3, -0.25) is 0 Å². The third-order valence-electron chi connectivity index (χ3n) is 1.28. The molecule has 11 heavy (non-hydrogen) atoms. The highest BCUT2D eigenvalue weighted by atomic mass is 127. The van der Waals surface area contributed by atoms with Crippen LogP contribution in [0.4, 0.5) is 0 Å². The monoisotopic (exact) mass is 482 g/mol. The second-order valence-electron chi connectivity index (χ2n) is 1.97. The Labute approximate surface area is 107 Å². The zero-order valence-corrected chi connectivity index (χ0v) is 12.0. The van der Waals surface area contributed by atoms with Crippen LogP contribution < -0.4 is 0 Å². The van der Waals surface area contributed by atoms with Crippen molar-refractivity contribution in [2.45, 2.75) is 0 Å². The molecule has 1 rings (SSSR count). The van der Waals surface area contributed by atoms with Gasteiger partial charge in [-0.15, -0.1) is 0 Å². The molecule has 0 amide bonds. The maximum Gasteiger partial charge on any atom is 0.0403 e. The van der Waals surface area contributed by atoms with Crippen LogP contribution in [0.1, 0.15) is 5.56 Å². The molecular weight excluding hydrogens is 477 g/mol. The molecule has 0 bridgehead atoms. The first-order chi connectivity index (χ1) is 5.16. The molecule has 0 saturated carbocycles. The van der Waals surface area contributed by atoms with Gasteiger partial charge in [0.2, 0.25) is 0 Å². The van der Waals surface area contributed by atoms with Crippen LogP contribution in [0.5, 0.6) is 0 Å². The molecule has 0 nitrogen and oxygen atoms in total. The molecule has 58 valence electrons. The largest absolute Gasteiger partial charge is 0.0984 e. The summed E-state index contributed by atoms with van der Waals surface area (Å²) in [6.45, 7) is 3.75. The molecule has 0 heterocycles. The van der Waals surface area contributed by atoms with E-state index in [1.165, 1.54) is 16.3 Å². The van der Waals surface area contributed by atoms with Crippen LogP contribution in [0.3, 0.4) is 0 Å². The smallest absolute Gasteiger partial charge is 0.0403 e. The molecule has 0 aromatic heterocycles. The first kappa shape index (κ1) is 10.2. The third kappa shape index (κ3) is 2.30. The van der Waals surface area contributed by atoms with Gasteiger partial charge in [-0.2, -0.15) is 0 Å². The second-order valence-corrected chi connectivity index (χ2v) is 5.29. The van der Waals surface area contributed by atoms with E-state index >= 15 is 0 Å². The second kappa shape index (κ2) is 4.40. The first-order valence-corrected chi connectivity index (χ1v) is 6.16. The minimum atomic E-state index is 1.22. The molecule has 0 saturated heterocycles. The Hall–Kier alpha value is 1.15. The Kier molecular flexibility index (Phi) is 4.10. The van der Waals surface area contributed by atoms with E-state index in [4.69, 9.17) is 0 Å². The molecule has 0 aliphatic heterocycles. The molecule has 1 aromatic carbocycles. The molecule has 0 aliphatic rings. The van der Waals surface area contributed by atoms with E-state index < -0.39 is 0 Å². The Morgan fingerprint density at radius 2 is 1.73 bits per heavy atom. The van der Waals surface area contributed by atoms with Crippen LogP contribution in [0.15, 0.2) is 18.7 Å². The highest BCUT2D eigenvalue weighted by molar-refractivity contribution is 14.1. The van der Waals surface area contributed by atoms with Crippen molar-refractivity contribution in [2.75, 3.05) is 0 Å². The summed E-state index contributed by atoms with van der Waals surface area (Å²) in [7, 11) is 0. The molecule has 1 aromatic rings. The van der Waals surface area contributed by atoms with E-state index in [0.29, 0.717) is 0 Å². The number of hydrogen-bond donors (Lipinski definition) is 0. The lowest BCUT2D eigenvalue weighted by atomic mass is 10.2. The van der Waals surface area contributed by atoms with E-state index in [2.05, 4.69) is 86.5 Å². The van der Waals surface area contributed by atoms with Crippen molar-refractivity contribution in [3.8, 4) is 0 Å². The standard InChI is InChI=1S/C8H5I3/c1-2-5-3-4-6(9)8(11)7(5)10/h2-4H,1H2. The summed E-state index contributed by atoms with van der Waals surface area (Å²) in [5.41, 5.74) is 1.22. The minimum absolute atomic E-state index is 1.22. The Bertz CT molecular complexity index is 292. The lowest BCUT2D eigenvalue weighted by molar-refractivity contribution is 1.50. The highest BCUT2D eigenvalue weighted by Gasteiger charge is 2.03. The predicted octanol–water partition coefficient (Wildman–Crippen LogP) is 4.14. The molecular formula is C8H5I3. The molecule has 0 N–H and O–H groups in total. The Morgan fingerprint density at radius 3 is 2.27 bits per heavy atom. The summed E-state index contributed by atoms with van der Waals surface area (Å²) in [6, 6.07) is 4.21. The zero-order valence-electron chi connectivity index (χ0n) is 5.57. The fraction of sp³-hybridized carbons (Fsp3) is 0. The van der Waals surface area contributed by atoms with Crippen molar-refractivity contribution in [1.29, 1.82) is 0 Å². The van der Waals surface area contributed by atoms with E-state index in [9.17, 15) is 0 Å². The molecule has 0 spiro atoms. The summed E-state index contributed by atoms with van der Waals surface area (Å²) in [6.07, 6.45) is 1.89. The molecule has 0 unspecified atom stereocenters. The van der Waals surface area contributed by atoms with Gasteiger partial charge >= 0.3 is 0 Å². The lowest BCUT2D eigenvalue weighted by Gasteiger charge is -2.02. The molecule has 0 aliphatic carbocycles. The lowest BCUT2D eigenvalue weighted by Crippen LogP contribution is -1.88. The summed E-state index contributed by atoms with van der Waals surface area (Å²) >= 11 is 7.04. The summed E-state index contributed by atoms with van der Waals surface area (Å²) < 4.78 is 3.92. The van der Waals surface area contributed by atoms with Crippen molar-refractivity contribution in [3.63, 3.8) is 0 Å². The maximum atomic E-state index is 3.75. The average Bonchev–Trinajstić information content (AvgIpc) is 2.01. The highest BCUT2D eigenvalue weighted by Crippen LogP contribution is 2.24. The fourth-order valence-corrected chi connectivity index (χ4v) is 2.85. The molecule has 3 heteroatoms. The SMILES string of the molecule is C=Cc1ccc(I)c(I)c1I. The van der Waals surface area contributed by atoms with Crippen LogP contribution in [0.25, 0.3) is 6.08 Å². The summed E-state index contributed by atoms with van der Waals surface area (Å²) in [4.78, 5) is 0. The van der Waals surface area contributed by atoms with Crippen LogP contribution in [0.2, 0.25) is 0 Å². The van der Waals surface area contributed by atoms with Gasteiger partial charge in [0.1, 0.15) is 0 Å². The summed E-state index contributed by atoms with van der Waals surface area (Å²) in [5, 5.41) is 0. The van der Waals surface area contributed by atoms with Crippen molar-refractivity contribution in [1.82, 2.24) is 0 Å². The van der Waals surface area contributed by atoms with Gasteiger partial charge in [0.25, 0.3) is 0 Å². The van der Waals surface area contributed by atoms with E-state index in [0.717, 1.165) is 0 Å². The topological polar surface area (TPSA) is 0 Å². The summed E-state index contributed by atoms with van der Waals surface area (Å²) in [5.74, 6) is 0. The van der Waals surface area contributed by atoms with Gasteiger partial charge in [-0.05, 0) is 79.4 Å². The number of rotatable bonds is 1.